The standard InChI is InChI=1S/C11H14FNOS/c12-10-5-9(13)3-4-11(10)15-7-14-6-8-1-2-8/h3-5,8H,1-2,6-7,13H2. The highest BCUT2D eigenvalue weighted by Crippen LogP contribution is 2.30. The molecule has 1 aromatic rings. The van der Waals surface area contributed by atoms with Gasteiger partial charge in [-0.3, -0.25) is 0 Å². The minimum absolute atomic E-state index is 0.268. The lowest BCUT2D eigenvalue weighted by Crippen LogP contribution is -1.96. The zero-order valence-electron chi connectivity index (χ0n) is 8.41. The van der Waals surface area contributed by atoms with E-state index in [1.807, 2.05) is 0 Å². The van der Waals surface area contributed by atoms with Crippen LogP contribution in [0, 0.1) is 11.7 Å². The number of halogens is 1. The molecule has 2 N–H and O–H groups in total. The molecule has 0 amide bonds. The van der Waals surface area contributed by atoms with E-state index in [0.717, 1.165) is 12.5 Å². The van der Waals surface area contributed by atoms with Crippen LogP contribution in [0.5, 0.6) is 0 Å². The second kappa shape index (κ2) is 4.86. The summed E-state index contributed by atoms with van der Waals surface area (Å²) < 4.78 is 18.7. The van der Waals surface area contributed by atoms with Crippen molar-refractivity contribution < 1.29 is 9.13 Å². The van der Waals surface area contributed by atoms with Gasteiger partial charge in [-0.05, 0) is 37.0 Å². The summed E-state index contributed by atoms with van der Waals surface area (Å²) >= 11 is 1.37. The third kappa shape index (κ3) is 3.39. The summed E-state index contributed by atoms with van der Waals surface area (Å²) in [4.78, 5) is 0.597. The van der Waals surface area contributed by atoms with E-state index < -0.39 is 0 Å². The molecule has 1 saturated carbocycles. The first kappa shape index (κ1) is 10.8. The molecule has 1 aliphatic rings. The smallest absolute Gasteiger partial charge is 0.138 e. The van der Waals surface area contributed by atoms with Crippen LogP contribution in [0.15, 0.2) is 23.1 Å². The highest BCUT2D eigenvalue weighted by molar-refractivity contribution is 7.99. The number of ether oxygens (including phenoxy) is 1. The average molecular weight is 227 g/mol. The van der Waals surface area contributed by atoms with Crippen LogP contribution in [0.4, 0.5) is 10.1 Å². The zero-order chi connectivity index (χ0) is 10.7. The molecule has 0 atom stereocenters. The quantitative estimate of drug-likeness (QED) is 0.363. The summed E-state index contributed by atoms with van der Waals surface area (Å²) in [6.07, 6.45) is 2.56. The van der Waals surface area contributed by atoms with E-state index in [4.69, 9.17) is 10.5 Å². The molecule has 0 bridgehead atoms. The largest absolute Gasteiger partial charge is 0.399 e. The summed E-state index contributed by atoms with van der Waals surface area (Å²) in [7, 11) is 0. The first-order chi connectivity index (χ1) is 7.25. The lowest BCUT2D eigenvalue weighted by molar-refractivity contribution is 0.171. The van der Waals surface area contributed by atoms with Crippen molar-refractivity contribution in [3.8, 4) is 0 Å². The van der Waals surface area contributed by atoms with Crippen LogP contribution in [0.1, 0.15) is 12.8 Å². The van der Waals surface area contributed by atoms with E-state index in [-0.39, 0.29) is 5.82 Å². The number of nitrogen functional groups attached to an aromatic ring is 1. The predicted molar refractivity (Wildman–Crippen MR) is 60.2 cm³/mol. The topological polar surface area (TPSA) is 35.2 Å². The third-order valence-corrected chi connectivity index (χ3v) is 3.23. The van der Waals surface area contributed by atoms with Crippen LogP contribution >= 0.6 is 11.8 Å². The van der Waals surface area contributed by atoms with Crippen molar-refractivity contribution in [2.45, 2.75) is 17.7 Å². The monoisotopic (exact) mass is 227 g/mol. The van der Waals surface area contributed by atoms with Gasteiger partial charge in [-0.15, -0.1) is 0 Å². The number of rotatable bonds is 5. The maximum Gasteiger partial charge on any atom is 0.138 e. The van der Waals surface area contributed by atoms with Gasteiger partial charge in [0.05, 0.1) is 12.5 Å². The third-order valence-electron chi connectivity index (χ3n) is 2.30. The van der Waals surface area contributed by atoms with E-state index in [2.05, 4.69) is 0 Å². The van der Waals surface area contributed by atoms with Crippen molar-refractivity contribution in [1.82, 2.24) is 0 Å². The van der Waals surface area contributed by atoms with Crippen LogP contribution in [-0.2, 0) is 4.74 Å². The Hall–Kier alpha value is -0.740. The van der Waals surface area contributed by atoms with Crippen LogP contribution in [0.3, 0.4) is 0 Å². The lowest BCUT2D eigenvalue weighted by atomic mass is 10.3. The van der Waals surface area contributed by atoms with E-state index >= 15 is 0 Å². The Morgan fingerprint density at radius 2 is 2.27 bits per heavy atom. The van der Waals surface area contributed by atoms with Crippen molar-refractivity contribution >= 4 is 17.4 Å². The summed E-state index contributed by atoms with van der Waals surface area (Å²) in [6.45, 7) is 0.809. The zero-order valence-corrected chi connectivity index (χ0v) is 9.23. The number of hydrogen-bond acceptors (Lipinski definition) is 3. The van der Waals surface area contributed by atoms with Gasteiger partial charge in [0.25, 0.3) is 0 Å². The minimum Gasteiger partial charge on any atom is -0.399 e. The van der Waals surface area contributed by atoms with Gasteiger partial charge < -0.3 is 10.5 Å². The second-order valence-corrected chi connectivity index (χ2v) is 4.73. The number of anilines is 1. The number of thioether (sulfide) groups is 1. The summed E-state index contributed by atoms with van der Waals surface area (Å²) in [6, 6.07) is 4.73. The molecule has 0 aromatic heterocycles. The van der Waals surface area contributed by atoms with Crippen molar-refractivity contribution in [3.05, 3.63) is 24.0 Å². The fourth-order valence-electron chi connectivity index (χ4n) is 1.24. The van der Waals surface area contributed by atoms with Gasteiger partial charge >= 0.3 is 0 Å². The number of hydrogen-bond donors (Lipinski definition) is 1. The Balaban J connectivity index is 1.76. The highest BCUT2D eigenvalue weighted by Gasteiger charge is 2.21. The average Bonchev–Trinajstić information content (AvgIpc) is 2.99. The maximum absolute atomic E-state index is 13.3. The molecule has 0 radical (unpaired) electrons. The van der Waals surface area contributed by atoms with Gasteiger partial charge in [-0.1, -0.05) is 11.8 Å². The number of nitrogens with two attached hydrogens (primary N) is 1. The van der Waals surface area contributed by atoms with E-state index in [1.165, 1.54) is 30.7 Å². The Morgan fingerprint density at radius 1 is 1.47 bits per heavy atom. The fraction of sp³-hybridized carbons (Fsp3) is 0.455. The van der Waals surface area contributed by atoms with E-state index in [9.17, 15) is 4.39 Å². The van der Waals surface area contributed by atoms with E-state index in [1.54, 1.807) is 12.1 Å². The highest BCUT2D eigenvalue weighted by atomic mass is 32.2. The van der Waals surface area contributed by atoms with Crippen molar-refractivity contribution in [2.75, 3.05) is 18.3 Å². The molecule has 1 aliphatic carbocycles. The Labute approximate surface area is 93.0 Å². The van der Waals surface area contributed by atoms with Crippen LogP contribution in [-0.4, -0.2) is 12.5 Å². The van der Waals surface area contributed by atoms with Gasteiger partial charge in [-0.2, -0.15) is 0 Å². The van der Waals surface area contributed by atoms with Crippen LogP contribution in [0.25, 0.3) is 0 Å². The molecule has 1 fully saturated rings. The summed E-state index contributed by atoms with van der Waals surface area (Å²) in [5, 5.41) is 0. The molecule has 2 rings (SSSR count). The molecule has 2 nitrogen and oxygen atoms in total. The molecule has 0 saturated heterocycles. The van der Waals surface area contributed by atoms with Crippen molar-refractivity contribution in [1.29, 1.82) is 0 Å². The first-order valence-electron chi connectivity index (χ1n) is 5.01. The summed E-state index contributed by atoms with van der Waals surface area (Å²) in [5.41, 5.74) is 5.90. The molecule has 4 heteroatoms. The molecule has 15 heavy (non-hydrogen) atoms. The van der Waals surface area contributed by atoms with Gasteiger partial charge in [0.2, 0.25) is 0 Å². The summed E-state index contributed by atoms with van der Waals surface area (Å²) in [5.74, 6) is 0.994. The Kier molecular flexibility index (Phi) is 3.49. The molecular weight excluding hydrogens is 213 g/mol. The number of benzene rings is 1. The second-order valence-electron chi connectivity index (χ2n) is 3.77. The molecule has 1 aromatic carbocycles. The van der Waals surface area contributed by atoms with Gasteiger partial charge in [0, 0.05) is 10.6 Å². The molecular formula is C11H14FNOS. The fourth-order valence-corrected chi connectivity index (χ4v) is 1.91. The minimum atomic E-state index is -0.268. The first-order valence-corrected chi connectivity index (χ1v) is 6.00. The van der Waals surface area contributed by atoms with Gasteiger partial charge in [0.15, 0.2) is 0 Å². The van der Waals surface area contributed by atoms with Gasteiger partial charge in [0.1, 0.15) is 5.82 Å². The molecule has 0 heterocycles. The normalized spacial score (nSPS) is 15.5. The van der Waals surface area contributed by atoms with Crippen LogP contribution < -0.4 is 5.73 Å². The van der Waals surface area contributed by atoms with Crippen molar-refractivity contribution in [3.63, 3.8) is 0 Å². The van der Waals surface area contributed by atoms with Crippen molar-refractivity contribution in [2.24, 2.45) is 5.92 Å². The predicted octanol–water partition coefficient (Wildman–Crippen LogP) is 2.88. The maximum atomic E-state index is 13.3. The molecule has 0 spiro atoms. The molecule has 82 valence electrons. The van der Waals surface area contributed by atoms with E-state index in [0.29, 0.717) is 16.5 Å². The lowest BCUT2D eigenvalue weighted by Gasteiger charge is -2.04. The van der Waals surface area contributed by atoms with Gasteiger partial charge in [-0.25, -0.2) is 4.39 Å². The molecule has 0 unspecified atom stereocenters. The van der Waals surface area contributed by atoms with Crippen LogP contribution in [0.2, 0.25) is 0 Å². The molecule has 0 aliphatic heterocycles. The Bertz CT molecular complexity index is 341. The SMILES string of the molecule is Nc1ccc(SCOCC2CC2)c(F)c1. The Morgan fingerprint density at radius 3 is 2.93 bits per heavy atom.